The first-order chi connectivity index (χ1) is 7.00. The smallest absolute Gasteiger partial charge is 0.224 e. The third kappa shape index (κ3) is 2.33. The largest absolute Gasteiger partial charge is 0.338 e. The number of carbonyl (C=O) groups is 1. The van der Waals surface area contributed by atoms with E-state index in [2.05, 4.69) is 13.8 Å². The second-order valence-electron chi connectivity index (χ2n) is 5.67. The number of rotatable bonds is 3. The SMILES string of the molecule is CC1(C)CCCN1C(=O)CC(N)C1CC1. The summed E-state index contributed by atoms with van der Waals surface area (Å²) >= 11 is 0. The summed E-state index contributed by atoms with van der Waals surface area (Å²) in [6.45, 7) is 5.23. The molecule has 3 nitrogen and oxygen atoms in total. The minimum absolute atomic E-state index is 0.0559. The van der Waals surface area contributed by atoms with E-state index in [1.807, 2.05) is 4.90 Å². The maximum atomic E-state index is 12.0. The van der Waals surface area contributed by atoms with Gasteiger partial charge in [-0.15, -0.1) is 0 Å². The molecule has 2 aliphatic rings. The monoisotopic (exact) mass is 210 g/mol. The zero-order valence-electron chi connectivity index (χ0n) is 9.83. The van der Waals surface area contributed by atoms with E-state index in [-0.39, 0.29) is 17.5 Å². The normalized spacial score (nSPS) is 26.7. The van der Waals surface area contributed by atoms with E-state index in [4.69, 9.17) is 5.73 Å². The highest BCUT2D eigenvalue weighted by atomic mass is 16.2. The van der Waals surface area contributed by atoms with Crippen molar-refractivity contribution in [2.45, 2.75) is 57.5 Å². The van der Waals surface area contributed by atoms with Crippen molar-refractivity contribution in [3.05, 3.63) is 0 Å². The minimum Gasteiger partial charge on any atom is -0.338 e. The van der Waals surface area contributed by atoms with Gasteiger partial charge >= 0.3 is 0 Å². The third-order valence-electron chi connectivity index (χ3n) is 3.84. The Kier molecular flexibility index (Phi) is 2.75. The van der Waals surface area contributed by atoms with Crippen LogP contribution in [0.1, 0.15) is 46.0 Å². The van der Waals surface area contributed by atoms with Crippen LogP contribution >= 0.6 is 0 Å². The second-order valence-corrected chi connectivity index (χ2v) is 5.67. The highest BCUT2D eigenvalue weighted by Gasteiger charge is 2.37. The van der Waals surface area contributed by atoms with Gasteiger partial charge < -0.3 is 10.6 Å². The topological polar surface area (TPSA) is 46.3 Å². The number of hydrogen-bond donors (Lipinski definition) is 1. The van der Waals surface area contributed by atoms with Crippen LogP contribution in [0.15, 0.2) is 0 Å². The molecule has 1 saturated heterocycles. The second kappa shape index (κ2) is 3.78. The summed E-state index contributed by atoms with van der Waals surface area (Å²) in [6.07, 6.45) is 5.25. The van der Waals surface area contributed by atoms with Crippen molar-refractivity contribution >= 4 is 5.91 Å². The molecule has 3 heteroatoms. The molecule has 15 heavy (non-hydrogen) atoms. The first kappa shape index (κ1) is 10.9. The van der Waals surface area contributed by atoms with E-state index in [1.165, 1.54) is 12.8 Å². The lowest BCUT2D eigenvalue weighted by Crippen LogP contribution is -2.45. The molecule has 1 aliphatic carbocycles. The van der Waals surface area contributed by atoms with E-state index in [1.54, 1.807) is 0 Å². The van der Waals surface area contributed by atoms with E-state index in [0.717, 1.165) is 19.4 Å². The van der Waals surface area contributed by atoms with Gasteiger partial charge in [0.2, 0.25) is 5.91 Å². The molecule has 0 aromatic carbocycles. The Morgan fingerprint density at radius 1 is 1.53 bits per heavy atom. The Balaban J connectivity index is 1.89. The lowest BCUT2D eigenvalue weighted by atomic mass is 10.0. The van der Waals surface area contributed by atoms with Crippen LogP contribution in [0, 0.1) is 5.92 Å². The van der Waals surface area contributed by atoms with Gasteiger partial charge in [-0.3, -0.25) is 4.79 Å². The van der Waals surface area contributed by atoms with Crippen molar-refractivity contribution in [3.63, 3.8) is 0 Å². The number of nitrogens with zero attached hydrogens (tertiary/aromatic N) is 1. The number of nitrogens with two attached hydrogens (primary N) is 1. The van der Waals surface area contributed by atoms with Gasteiger partial charge in [0.1, 0.15) is 0 Å². The predicted octanol–water partition coefficient (Wildman–Crippen LogP) is 1.51. The van der Waals surface area contributed by atoms with Crippen LogP contribution < -0.4 is 5.73 Å². The molecule has 1 atom stereocenters. The highest BCUT2D eigenvalue weighted by Crippen LogP contribution is 2.34. The molecule has 2 rings (SSSR count). The Morgan fingerprint density at radius 3 is 2.67 bits per heavy atom. The molecule has 1 amide bonds. The van der Waals surface area contributed by atoms with Crippen LogP contribution in [0.3, 0.4) is 0 Å². The van der Waals surface area contributed by atoms with Gasteiger partial charge in [-0.05, 0) is 45.4 Å². The average Bonchev–Trinajstić information content (AvgIpc) is 2.90. The number of hydrogen-bond acceptors (Lipinski definition) is 2. The number of likely N-dealkylation sites (tertiary alicyclic amines) is 1. The minimum atomic E-state index is 0.0559. The van der Waals surface area contributed by atoms with Crippen LogP contribution in [0.25, 0.3) is 0 Å². The molecule has 0 spiro atoms. The predicted molar refractivity (Wildman–Crippen MR) is 60.3 cm³/mol. The van der Waals surface area contributed by atoms with Crippen molar-refractivity contribution in [2.75, 3.05) is 6.54 Å². The lowest BCUT2D eigenvalue weighted by Gasteiger charge is -2.32. The van der Waals surface area contributed by atoms with Crippen LogP contribution in [0.5, 0.6) is 0 Å². The molecule has 1 heterocycles. The summed E-state index contributed by atoms with van der Waals surface area (Å²) in [7, 11) is 0. The molecule has 0 aromatic rings. The van der Waals surface area contributed by atoms with Gasteiger partial charge in [0.25, 0.3) is 0 Å². The zero-order valence-corrected chi connectivity index (χ0v) is 9.83. The lowest BCUT2D eigenvalue weighted by molar-refractivity contribution is -0.134. The Morgan fingerprint density at radius 2 is 2.20 bits per heavy atom. The summed E-state index contributed by atoms with van der Waals surface area (Å²) in [5.74, 6) is 0.886. The van der Waals surface area contributed by atoms with Gasteiger partial charge in [-0.25, -0.2) is 0 Å². The summed E-state index contributed by atoms with van der Waals surface area (Å²) in [5, 5.41) is 0. The Labute approximate surface area is 92.0 Å². The van der Waals surface area contributed by atoms with E-state index < -0.39 is 0 Å². The molecule has 0 radical (unpaired) electrons. The molecule has 86 valence electrons. The first-order valence-corrected chi connectivity index (χ1v) is 6.07. The number of carbonyl (C=O) groups excluding carboxylic acids is 1. The van der Waals surface area contributed by atoms with Crippen molar-refractivity contribution in [1.29, 1.82) is 0 Å². The molecule has 2 fully saturated rings. The van der Waals surface area contributed by atoms with Crippen molar-refractivity contribution in [2.24, 2.45) is 11.7 Å². The summed E-state index contributed by atoms with van der Waals surface area (Å²) in [5.41, 5.74) is 6.04. The van der Waals surface area contributed by atoms with Crippen LogP contribution in [-0.4, -0.2) is 28.9 Å². The fourth-order valence-corrected chi connectivity index (χ4v) is 2.57. The number of amides is 1. The fourth-order valence-electron chi connectivity index (χ4n) is 2.57. The van der Waals surface area contributed by atoms with E-state index in [0.29, 0.717) is 12.3 Å². The molecular formula is C12H22N2O. The van der Waals surface area contributed by atoms with Crippen LogP contribution in [-0.2, 0) is 4.79 Å². The fraction of sp³-hybridized carbons (Fsp3) is 0.917. The van der Waals surface area contributed by atoms with Gasteiger partial charge in [0.05, 0.1) is 0 Å². The van der Waals surface area contributed by atoms with Gasteiger partial charge in [-0.1, -0.05) is 0 Å². The molecule has 0 bridgehead atoms. The summed E-state index contributed by atoms with van der Waals surface area (Å²) in [6, 6.07) is 0.105. The van der Waals surface area contributed by atoms with Gasteiger partial charge in [-0.2, -0.15) is 0 Å². The van der Waals surface area contributed by atoms with Crippen molar-refractivity contribution in [3.8, 4) is 0 Å². The van der Waals surface area contributed by atoms with Crippen molar-refractivity contribution < 1.29 is 4.79 Å². The summed E-state index contributed by atoms with van der Waals surface area (Å²) in [4.78, 5) is 14.1. The van der Waals surface area contributed by atoms with Crippen LogP contribution in [0.2, 0.25) is 0 Å². The molecule has 2 N–H and O–H groups in total. The maximum absolute atomic E-state index is 12.0. The molecule has 1 unspecified atom stereocenters. The van der Waals surface area contributed by atoms with E-state index in [9.17, 15) is 4.79 Å². The van der Waals surface area contributed by atoms with Crippen molar-refractivity contribution in [1.82, 2.24) is 4.90 Å². The maximum Gasteiger partial charge on any atom is 0.224 e. The molecule has 1 aliphatic heterocycles. The van der Waals surface area contributed by atoms with E-state index >= 15 is 0 Å². The standard InChI is InChI=1S/C12H22N2O/c1-12(2)6-3-7-14(12)11(15)8-10(13)9-4-5-9/h9-10H,3-8,13H2,1-2H3. The first-order valence-electron chi connectivity index (χ1n) is 6.07. The quantitative estimate of drug-likeness (QED) is 0.767. The highest BCUT2D eigenvalue weighted by molar-refractivity contribution is 5.78. The van der Waals surface area contributed by atoms with Crippen LogP contribution in [0.4, 0.5) is 0 Å². The molecule has 1 saturated carbocycles. The zero-order chi connectivity index (χ0) is 11.1. The average molecular weight is 210 g/mol. The van der Waals surface area contributed by atoms with Gasteiger partial charge in [0.15, 0.2) is 0 Å². The van der Waals surface area contributed by atoms with Gasteiger partial charge in [0, 0.05) is 24.5 Å². The molecular weight excluding hydrogens is 188 g/mol. The third-order valence-corrected chi connectivity index (χ3v) is 3.84. The Hall–Kier alpha value is -0.570. The summed E-state index contributed by atoms with van der Waals surface area (Å²) < 4.78 is 0. The molecule has 0 aromatic heterocycles. The Bertz CT molecular complexity index is 258.